The number of halogens is 3. The van der Waals surface area contributed by atoms with Crippen LogP contribution in [0.5, 0.6) is 0 Å². The van der Waals surface area contributed by atoms with Gasteiger partial charge >= 0.3 is 6.18 Å². The van der Waals surface area contributed by atoms with Gasteiger partial charge in [-0.2, -0.15) is 13.2 Å². The zero-order chi connectivity index (χ0) is 21.5. The molecule has 0 saturated carbocycles. The van der Waals surface area contributed by atoms with Crippen LogP contribution in [0, 0.1) is 6.92 Å². The summed E-state index contributed by atoms with van der Waals surface area (Å²) in [5.41, 5.74) is 5.84. The average molecular weight is 432 g/mol. The molecule has 6 nitrogen and oxygen atoms in total. The average Bonchev–Trinajstić information content (AvgIpc) is 3.24. The number of benzene rings is 1. The highest BCUT2D eigenvalue weighted by molar-refractivity contribution is 7.21. The van der Waals surface area contributed by atoms with Crippen LogP contribution in [0.2, 0.25) is 0 Å². The minimum atomic E-state index is -4.65. The van der Waals surface area contributed by atoms with Gasteiger partial charge in [0.1, 0.15) is 15.5 Å². The first-order valence-corrected chi connectivity index (χ1v) is 9.61. The van der Waals surface area contributed by atoms with E-state index in [4.69, 9.17) is 10.3 Å². The molecule has 3 aromatic heterocycles. The third-order valence-electron chi connectivity index (χ3n) is 4.36. The number of anilines is 2. The lowest BCUT2D eigenvalue weighted by Gasteiger charge is -2.11. The highest BCUT2D eigenvalue weighted by atomic mass is 32.1. The van der Waals surface area contributed by atoms with Crippen molar-refractivity contribution in [1.82, 2.24) is 10.1 Å². The van der Waals surface area contributed by atoms with Gasteiger partial charge in [0.15, 0.2) is 5.82 Å². The first kappa shape index (κ1) is 19.9. The highest BCUT2D eigenvalue weighted by Gasteiger charge is 2.36. The molecule has 0 fully saturated rings. The first-order chi connectivity index (χ1) is 14.2. The summed E-state index contributed by atoms with van der Waals surface area (Å²) in [7, 11) is 0. The Bertz CT molecular complexity index is 1230. The van der Waals surface area contributed by atoms with E-state index in [2.05, 4.69) is 15.5 Å². The Hall–Kier alpha value is -3.40. The molecular weight excluding hydrogens is 417 g/mol. The molecule has 0 spiro atoms. The van der Waals surface area contributed by atoms with Gasteiger partial charge < -0.3 is 15.6 Å². The number of carbonyl (C=O) groups is 1. The number of nitrogen functional groups attached to an aromatic ring is 1. The molecule has 154 valence electrons. The minimum Gasteiger partial charge on any atom is -0.397 e. The van der Waals surface area contributed by atoms with Crippen LogP contribution in [0.15, 0.2) is 47.0 Å². The van der Waals surface area contributed by atoms with Crippen LogP contribution in [-0.2, 0) is 12.6 Å². The van der Waals surface area contributed by atoms with E-state index in [1.807, 2.05) is 6.07 Å². The van der Waals surface area contributed by atoms with Gasteiger partial charge in [-0.25, -0.2) is 4.98 Å². The van der Waals surface area contributed by atoms with E-state index >= 15 is 0 Å². The molecule has 1 amide bonds. The van der Waals surface area contributed by atoms with E-state index in [-0.39, 0.29) is 38.7 Å². The van der Waals surface area contributed by atoms with Gasteiger partial charge in [0.25, 0.3) is 5.91 Å². The van der Waals surface area contributed by atoms with E-state index < -0.39 is 17.6 Å². The number of thiophene rings is 1. The van der Waals surface area contributed by atoms with Crippen LogP contribution in [0.1, 0.15) is 32.3 Å². The summed E-state index contributed by atoms with van der Waals surface area (Å²) in [6.07, 6.45) is -4.43. The Kier molecular flexibility index (Phi) is 4.94. The molecule has 30 heavy (non-hydrogen) atoms. The summed E-state index contributed by atoms with van der Waals surface area (Å²) in [5, 5.41) is 5.84. The third-order valence-corrected chi connectivity index (χ3v) is 5.46. The number of fused-ring (bicyclic) bond motifs is 1. The number of pyridine rings is 1. The number of nitrogens with zero attached hydrogens (tertiary/aromatic N) is 2. The smallest absolute Gasteiger partial charge is 0.397 e. The van der Waals surface area contributed by atoms with Gasteiger partial charge in [-0.15, -0.1) is 11.3 Å². The van der Waals surface area contributed by atoms with Crippen molar-refractivity contribution in [2.24, 2.45) is 0 Å². The second-order valence-electron chi connectivity index (χ2n) is 6.62. The number of hydrogen-bond acceptors (Lipinski definition) is 6. The summed E-state index contributed by atoms with van der Waals surface area (Å²) < 4.78 is 46.2. The number of nitrogens with two attached hydrogens (primary N) is 1. The number of alkyl halides is 3. The largest absolute Gasteiger partial charge is 0.417 e. The fourth-order valence-corrected chi connectivity index (χ4v) is 4.09. The molecule has 10 heteroatoms. The van der Waals surface area contributed by atoms with E-state index in [1.54, 1.807) is 31.2 Å². The summed E-state index contributed by atoms with van der Waals surface area (Å²) in [4.78, 5) is 16.9. The van der Waals surface area contributed by atoms with Crippen LogP contribution >= 0.6 is 11.3 Å². The van der Waals surface area contributed by atoms with Gasteiger partial charge in [-0.1, -0.05) is 35.5 Å². The van der Waals surface area contributed by atoms with Crippen LogP contribution in [0.4, 0.5) is 24.7 Å². The summed E-state index contributed by atoms with van der Waals surface area (Å²) in [6, 6.07) is 11.5. The minimum absolute atomic E-state index is 0.0507. The third kappa shape index (κ3) is 3.86. The zero-order valence-electron chi connectivity index (χ0n) is 15.6. The molecule has 3 N–H and O–H groups in total. The summed E-state index contributed by atoms with van der Waals surface area (Å²) in [6.45, 7) is 1.64. The number of aromatic nitrogens is 2. The number of amides is 1. The van der Waals surface area contributed by atoms with Crippen LogP contribution in [0.3, 0.4) is 0 Å². The van der Waals surface area contributed by atoms with E-state index in [9.17, 15) is 18.0 Å². The Morgan fingerprint density at radius 3 is 2.60 bits per heavy atom. The maximum atomic E-state index is 13.8. The molecule has 0 unspecified atom stereocenters. The molecular formula is C20H15F3N4O2S. The lowest BCUT2D eigenvalue weighted by molar-refractivity contribution is -0.136. The monoisotopic (exact) mass is 432 g/mol. The van der Waals surface area contributed by atoms with Crippen LogP contribution < -0.4 is 11.1 Å². The lowest BCUT2D eigenvalue weighted by atomic mass is 10.0. The highest BCUT2D eigenvalue weighted by Crippen LogP contribution is 2.42. The molecule has 0 radical (unpaired) electrons. The summed E-state index contributed by atoms with van der Waals surface area (Å²) >= 11 is 0.807. The number of hydrogen-bond donors (Lipinski definition) is 2. The molecule has 0 aliphatic carbocycles. The normalized spacial score (nSPS) is 11.7. The number of carbonyl (C=O) groups excluding carboxylic acids is 1. The number of rotatable bonds is 4. The second-order valence-corrected chi connectivity index (χ2v) is 7.62. The van der Waals surface area contributed by atoms with Crippen molar-refractivity contribution >= 4 is 39.0 Å². The van der Waals surface area contributed by atoms with Crippen molar-refractivity contribution in [2.75, 3.05) is 11.1 Å². The number of aryl methyl sites for hydroxylation is 1. The summed E-state index contributed by atoms with van der Waals surface area (Å²) in [5.74, 6) is -0.0640. The van der Waals surface area contributed by atoms with E-state index in [1.165, 1.54) is 6.07 Å². The SMILES string of the molecule is Cc1cc(NC(=O)c2sc3nc(Cc4ccccc4)cc(C(F)(F)F)c3c2N)no1. The maximum absolute atomic E-state index is 13.8. The fraction of sp³-hybridized carbons (Fsp3) is 0.150. The van der Waals surface area contributed by atoms with Crippen LogP contribution in [0.25, 0.3) is 10.2 Å². The molecule has 4 rings (SSSR count). The van der Waals surface area contributed by atoms with Crippen molar-refractivity contribution in [3.63, 3.8) is 0 Å². The molecule has 0 bridgehead atoms. The Balaban J connectivity index is 1.78. The van der Waals surface area contributed by atoms with E-state index in [0.29, 0.717) is 5.76 Å². The van der Waals surface area contributed by atoms with Crippen LogP contribution in [-0.4, -0.2) is 16.0 Å². The molecule has 0 saturated heterocycles. The topological polar surface area (TPSA) is 94.0 Å². The number of nitrogens with one attached hydrogen (secondary N) is 1. The van der Waals surface area contributed by atoms with E-state index in [0.717, 1.165) is 23.0 Å². The standard InChI is InChI=1S/C20H15F3N4O2S/c1-10-7-14(27-29-10)26-18(28)17-16(24)15-13(20(21,22)23)9-12(25-19(15)30-17)8-11-5-3-2-4-6-11/h2-7,9H,8,24H2,1H3,(H,26,27,28). The second kappa shape index (κ2) is 7.45. The zero-order valence-corrected chi connectivity index (χ0v) is 16.4. The Morgan fingerprint density at radius 2 is 1.97 bits per heavy atom. The lowest BCUT2D eigenvalue weighted by Crippen LogP contribution is -2.13. The molecule has 4 aromatic rings. The molecule has 3 heterocycles. The van der Waals surface area contributed by atoms with Gasteiger partial charge in [0.05, 0.1) is 11.3 Å². The maximum Gasteiger partial charge on any atom is 0.417 e. The Labute approximate surface area is 172 Å². The van der Waals surface area contributed by atoms with Crippen molar-refractivity contribution in [1.29, 1.82) is 0 Å². The van der Waals surface area contributed by atoms with Crippen molar-refractivity contribution in [3.8, 4) is 0 Å². The molecule has 0 aliphatic heterocycles. The van der Waals surface area contributed by atoms with Gasteiger partial charge in [0.2, 0.25) is 0 Å². The van der Waals surface area contributed by atoms with Gasteiger partial charge in [-0.05, 0) is 18.6 Å². The molecule has 1 aromatic carbocycles. The predicted octanol–water partition coefficient (Wildman–Crippen LogP) is 5.04. The fourth-order valence-electron chi connectivity index (χ4n) is 3.06. The van der Waals surface area contributed by atoms with Gasteiger partial charge in [-0.3, -0.25) is 4.79 Å². The molecule has 0 aliphatic rings. The van der Waals surface area contributed by atoms with Gasteiger partial charge in [0, 0.05) is 23.6 Å². The predicted molar refractivity (Wildman–Crippen MR) is 107 cm³/mol. The van der Waals surface area contributed by atoms with Crippen molar-refractivity contribution in [2.45, 2.75) is 19.5 Å². The quantitative estimate of drug-likeness (QED) is 0.471. The molecule has 0 atom stereocenters. The van der Waals surface area contributed by atoms with Crippen molar-refractivity contribution in [3.05, 3.63) is 69.9 Å². The van der Waals surface area contributed by atoms with Crippen molar-refractivity contribution < 1.29 is 22.5 Å². The first-order valence-electron chi connectivity index (χ1n) is 8.80. The Morgan fingerprint density at radius 1 is 1.23 bits per heavy atom.